The van der Waals surface area contributed by atoms with Gasteiger partial charge in [0.25, 0.3) is 0 Å². The van der Waals surface area contributed by atoms with Gasteiger partial charge < -0.3 is 5.32 Å². The second-order valence-electron chi connectivity index (χ2n) is 4.30. The van der Waals surface area contributed by atoms with Gasteiger partial charge in [-0.2, -0.15) is 0 Å². The molecular formula is C15H14ClF2N. The zero-order valence-corrected chi connectivity index (χ0v) is 11.2. The van der Waals surface area contributed by atoms with Gasteiger partial charge in [0.05, 0.1) is 0 Å². The van der Waals surface area contributed by atoms with Gasteiger partial charge in [-0.1, -0.05) is 29.8 Å². The summed E-state index contributed by atoms with van der Waals surface area (Å²) in [6.45, 7) is 0. The Hall–Kier alpha value is -1.45. The summed E-state index contributed by atoms with van der Waals surface area (Å²) in [4.78, 5) is 0. The Labute approximate surface area is 116 Å². The fraction of sp³-hybridized carbons (Fsp3) is 0.200. The molecule has 1 N–H and O–H groups in total. The van der Waals surface area contributed by atoms with Crippen LogP contribution < -0.4 is 5.32 Å². The third kappa shape index (κ3) is 3.31. The summed E-state index contributed by atoms with van der Waals surface area (Å²) < 4.78 is 27.0. The van der Waals surface area contributed by atoms with E-state index in [0.29, 0.717) is 22.6 Å². The largest absolute Gasteiger partial charge is 0.313 e. The van der Waals surface area contributed by atoms with Crippen LogP contribution in [0.1, 0.15) is 17.2 Å². The summed E-state index contributed by atoms with van der Waals surface area (Å²) in [5.41, 5.74) is 1.20. The van der Waals surface area contributed by atoms with Crippen molar-refractivity contribution in [3.8, 4) is 0 Å². The minimum atomic E-state index is -0.345. The van der Waals surface area contributed by atoms with Crippen molar-refractivity contribution in [3.63, 3.8) is 0 Å². The van der Waals surface area contributed by atoms with E-state index >= 15 is 0 Å². The molecule has 0 aliphatic heterocycles. The number of halogens is 3. The number of nitrogens with one attached hydrogen (secondary N) is 1. The lowest BCUT2D eigenvalue weighted by molar-refractivity contribution is 0.532. The highest BCUT2D eigenvalue weighted by molar-refractivity contribution is 6.31. The number of benzene rings is 2. The molecule has 4 heteroatoms. The third-order valence-corrected chi connectivity index (χ3v) is 3.43. The molecule has 1 unspecified atom stereocenters. The molecule has 0 saturated heterocycles. The molecule has 2 rings (SSSR count). The fourth-order valence-electron chi connectivity index (χ4n) is 2.04. The van der Waals surface area contributed by atoms with E-state index in [1.54, 1.807) is 25.2 Å². The molecule has 2 aromatic carbocycles. The standard InChI is InChI=1S/C15H14ClF2N/c1-19-15(12-4-2-3-5-14(12)18)9-10-8-11(17)6-7-13(10)16/h2-8,15,19H,9H2,1H3. The van der Waals surface area contributed by atoms with E-state index in [0.717, 1.165) is 0 Å². The Balaban J connectivity index is 2.29. The number of likely N-dealkylation sites (N-methyl/N-ethyl adjacent to an activating group) is 1. The van der Waals surface area contributed by atoms with E-state index in [-0.39, 0.29) is 17.7 Å². The maximum absolute atomic E-state index is 13.8. The first kappa shape index (κ1) is 14.0. The summed E-state index contributed by atoms with van der Waals surface area (Å²) in [6, 6.07) is 10.5. The fourth-order valence-corrected chi connectivity index (χ4v) is 2.24. The number of hydrogen-bond acceptors (Lipinski definition) is 1. The van der Waals surface area contributed by atoms with Crippen LogP contribution in [-0.2, 0) is 6.42 Å². The maximum atomic E-state index is 13.8. The number of rotatable bonds is 4. The Morgan fingerprint density at radius 3 is 2.58 bits per heavy atom. The van der Waals surface area contributed by atoms with Gasteiger partial charge in [-0.05, 0) is 43.3 Å². The predicted molar refractivity (Wildman–Crippen MR) is 73.3 cm³/mol. The number of hydrogen-bond donors (Lipinski definition) is 1. The molecule has 0 aliphatic carbocycles. The van der Waals surface area contributed by atoms with Crippen LogP contribution in [-0.4, -0.2) is 7.05 Å². The van der Waals surface area contributed by atoms with E-state index in [4.69, 9.17) is 11.6 Å². The summed E-state index contributed by atoms with van der Waals surface area (Å²) in [5, 5.41) is 3.52. The first-order valence-corrected chi connectivity index (χ1v) is 6.35. The predicted octanol–water partition coefficient (Wildman–Crippen LogP) is 4.12. The molecule has 0 aromatic heterocycles. The Kier molecular flexibility index (Phi) is 4.51. The lowest BCUT2D eigenvalue weighted by Crippen LogP contribution is -2.20. The minimum absolute atomic E-state index is 0.250. The molecule has 0 bridgehead atoms. The quantitative estimate of drug-likeness (QED) is 0.889. The molecule has 100 valence electrons. The van der Waals surface area contributed by atoms with Crippen molar-refractivity contribution in [2.75, 3.05) is 7.05 Å². The van der Waals surface area contributed by atoms with Gasteiger partial charge in [0.1, 0.15) is 11.6 Å². The normalized spacial score (nSPS) is 12.4. The second-order valence-corrected chi connectivity index (χ2v) is 4.71. The molecule has 0 fully saturated rings. The zero-order valence-electron chi connectivity index (χ0n) is 10.5. The summed E-state index contributed by atoms with van der Waals surface area (Å²) >= 11 is 6.04. The molecule has 0 spiro atoms. The Bertz CT molecular complexity index is 572. The van der Waals surface area contributed by atoms with E-state index in [9.17, 15) is 8.78 Å². The van der Waals surface area contributed by atoms with Gasteiger partial charge in [0, 0.05) is 16.6 Å². The van der Waals surface area contributed by atoms with Crippen LogP contribution in [0, 0.1) is 11.6 Å². The van der Waals surface area contributed by atoms with Crippen LogP contribution in [0.2, 0.25) is 5.02 Å². The molecular weight excluding hydrogens is 268 g/mol. The topological polar surface area (TPSA) is 12.0 Å². The summed E-state index contributed by atoms with van der Waals surface area (Å²) in [6.07, 6.45) is 0.425. The first-order valence-electron chi connectivity index (χ1n) is 5.97. The monoisotopic (exact) mass is 281 g/mol. The SMILES string of the molecule is CNC(Cc1cc(F)ccc1Cl)c1ccccc1F. The van der Waals surface area contributed by atoms with Gasteiger partial charge in [-0.3, -0.25) is 0 Å². The van der Waals surface area contributed by atoms with E-state index in [1.165, 1.54) is 24.3 Å². The van der Waals surface area contributed by atoms with Gasteiger partial charge in [0.2, 0.25) is 0 Å². The maximum Gasteiger partial charge on any atom is 0.127 e. The molecule has 0 heterocycles. The van der Waals surface area contributed by atoms with Crippen molar-refractivity contribution in [1.29, 1.82) is 0 Å². The summed E-state index contributed by atoms with van der Waals surface area (Å²) in [5.74, 6) is -0.628. The van der Waals surface area contributed by atoms with Crippen LogP contribution >= 0.6 is 11.6 Å². The van der Waals surface area contributed by atoms with Gasteiger partial charge in [-0.25, -0.2) is 8.78 Å². The Morgan fingerprint density at radius 1 is 1.16 bits per heavy atom. The smallest absolute Gasteiger partial charge is 0.127 e. The molecule has 1 nitrogen and oxygen atoms in total. The highest BCUT2D eigenvalue weighted by atomic mass is 35.5. The molecule has 1 atom stereocenters. The average molecular weight is 282 g/mol. The van der Waals surface area contributed by atoms with Crippen LogP contribution in [0.15, 0.2) is 42.5 Å². The van der Waals surface area contributed by atoms with Gasteiger partial charge >= 0.3 is 0 Å². The van der Waals surface area contributed by atoms with Gasteiger partial charge in [-0.15, -0.1) is 0 Å². The second kappa shape index (κ2) is 6.13. The van der Waals surface area contributed by atoms with Crippen LogP contribution in [0.25, 0.3) is 0 Å². The Morgan fingerprint density at radius 2 is 1.89 bits per heavy atom. The van der Waals surface area contributed by atoms with E-state index in [2.05, 4.69) is 5.32 Å². The lowest BCUT2D eigenvalue weighted by Gasteiger charge is -2.18. The van der Waals surface area contributed by atoms with Crippen LogP contribution in [0.4, 0.5) is 8.78 Å². The first-order chi connectivity index (χ1) is 9.11. The van der Waals surface area contributed by atoms with Crippen molar-refractivity contribution < 1.29 is 8.78 Å². The minimum Gasteiger partial charge on any atom is -0.313 e. The molecule has 0 radical (unpaired) electrons. The van der Waals surface area contributed by atoms with Crippen molar-refractivity contribution in [2.24, 2.45) is 0 Å². The molecule has 0 saturated carbocycles. The molecule has 0 aliphatic rings. The van der Waals surface area contributed by atoms with E-state index < -0.39 is 0 Å². The van der Waals surface area contributed by atoms with Crippen LogP contribution in [0.5, 0.6) is 0 Å². The van der Waals surface area contributed by atoms with Crippen molar-refractivity contribution in [1.82, 2.24) is 5.32 Å². The zero-order chi connectivity index (χ0) is 13.8. The highest BCUT2D eigenvalue weighted by Gasteiger charge is 2.15. The molecule has 0 amide bonds. The van der Waals surface area contributed by atoms with Crippen molar-refractivity contribution in [2.45, 2.75) is 12.5 Å². The third-order valence-electron chi connectivity index (χ3n) is 3.06. The lowest BCUT2D eigenvalue weighted by atomic mass is 9.98. The van der Waals surface area contributed by atoms with Crippen molar-refractivity contribution in [3.05, 3.63) is 70.2 Å². The summed E-state index contributed by atoms with van der Waals surface area (Å²) in [7, 11) is 1.74. The van der Waals surface area contributed by atoms with Crippen LogP contribution in [0.3, 0.4) is 0 Å². The molecule has 19 heavy (non-hydrogen) atoms. The average Bonchev–Trinajstić information content (AvgIpc) is 2.41. The molecule has 2 aromatic rings. The van der Waals surface area contributed by atoms with Gasteiger partial charge in [0.15, 0.2) is 0 Å². The van der Waals surface area contributed by atoms with Crippen molar-refractivity contribution >= 4 is 11.6 Å². The van der Waals surface area contributed by atoms with E-state index in [1.807, 2.05) is 0 Å². The highest BCUT2D eigenvalue weighted by Crippen LogP contribution is 2.25.